The Hall–Kier alpha value is -1.91. The van der Waals surface area contributed by atoms with Crippen molar-refractivity contribution in [1.29, 1.82) is 0 Å². The maximum Gasteiger partial charge on any atom is 0.112 e. The van der Waals surface area contributed by atoms with Gasteiger partial charge < -0.3 is 0 Å². The summed E-state index contributed by atoms with van der Waals surface area (Å²) >= 11 is 0. The van der Waals surface area contributed by atoms with Crippen molar-refractivity contribution < 1.29 is 0 Å². The van der Waals surface area contributed by atoms with Gasteiger partial charge in [-0.1, -0.05) is 93.6 Å². The lowest BCUT2D eigenvalue weighted by atomic mass is 9.82. The van der Waals surface area contributed by atoms with Crippen molar-refractivity contribution in [2.24, 2.45) is 11.8 Å². The van der Waals surface area contributed by atoms with Gasteiger partial charge in [-0.2, -0.15) is 0 Å². The molecule has 0 bridgehead atoms. The molecule has 1 fully saturated rings. The molecule has 0 aliphatic heterocycles. The van der Waals surface area contributed by atoms with Crippen LogP contribution in [0.15, 0.2) is 91.0 Å². The summed E-state index contributed by atoms with van der Waals surface area (Å²) in [5, 5.41) is 4.57. The van der Waals surface area contributed by atoms with E-state index in [1.807, 2.05) is 0 Å². The van der Waals surface area contributed by atoms with Gasteiger partial charge in [0.15, 0.2) is 0 Å². The average molecular weight is 388 g/mol. The minimum absolute atomic E-state index is 0.745. The van der Waals surface area contributed by atoms with Crippen molar-refractivity contribution in [3.05, 3.63) is 91.0 Å². The van der Waals surface area contributed by atoms with Crippen LogP contribution in [-0.2, 0) is 0 Å². The molecule has 3 aromatic rings. The van der Waals surface area contributed by atoms with E-state index >= 15 is 0 Å². The van der Waals surface area contributed by atoms with E-state index in [1.54, 1.807) is 0 Å². The Morgan fingerprint density at radius 1 is 0.643 bits per heavy atom. The molecule has 1 unspecified atom stereocenters. The van der Waals surface area contributed by atoms with Crippen LogP contribution in [0, 0.1) is 11.8 Å². The van der Waals surface area contributed by atoms with Crippen LogP contribution in [0.4, 0.5) is 0 Å². The molecule has 0 N–H and O–H groups in total. The SMILES string of the molecule is CC(C[P+](c1ccccc1)(c1ccccc1)c1ccccc1)C1CCCCC1. The molecule has 0 amide bonds. The minimum Gasteiger partial charge on any atom is -0.0620 e. The molecule has 1 saturated carbocycles. The van der Waals surface area contributed by atoms with E-state index in [0.717, 1.165) is 11.8 Å². The first kappa shape index (κ1) is 19.4. The Morgan fingerprint density at radius 3 is 1.43 bits per heavy atom. The molecule has 144 valence electrons. The lowest BCUT2D eigenvalue weighted by molar-refractivity contribution is 0.282. The van der Waals surface area contributed by atoms with Crippen molar-refractivity contribution in [2.45, 2.75) is 39.0 Å². The van der Waals surface area contributed by atoms with Gasteiger partial charge in [0, 0.05) is 0 Å². The maximum atomic E-state index is 2.53. The van der Waals surface area contributed by atoms with E-state index in [1.165, 1.54) is 54.2 Å². The van der Waals surface area contributed by atoms with Crippen LogP contribution in [0.5, 0.6) is 0 Å². The van der Waals surface area contributed by atoms with E-state index in [2.05, 4.69) is 97.9 Å². The van der Waals surface area contributed by atoms with Gasteiger partial charge in [-0.3, -0.25) is 0 Å². The highest BCUT2D eigenvalue weighted by Gasteiger charge is 2.47. The molecule has 0 saturated heterocycles. The van der Waals surface area contributed by atoms with Crippen LogP contribution >= 0.6 is 7.26 Å². The average Bonchev–Trinajstić information content (AvgIpc) is 2.80. The molecule has 0 spiro atoms. The number of hydrogen-bond donors (Lipinski definition) is 0. The zero-order valence-electron chi connectivity index (χ0n) is 17.0. The van der Waals surface area contributed by atoms with E-state index in [0.29, 0.717) is 0 Å². The van der Waals surface area contributed by atoms with Gasteiger partial charge in [0.1, 0.15) is 23.2 Å². The second-order valence-electron chi connectivity index (χ2n) is 8.37. The van der Waals surface area contributed by atoms with Crippen molar-refractivity contribution in [1.82, 2.24) is 0 Å². The lowest BCUT2D eigenvalue weighted by Crippen LogP contribution is -2.36. The fourth-order valence-corrected chi connectivity index (χ4v) is 9.83. The normalized spacial score (nSPS) is 16.6. The summed E-state index contributed by atoms with van der Waals surface area (Å²) in [4.78, 5) is 0. The van der Waals surface area contributed by atoms with Gasteiger partial charge in [0.2, 0.25) is 0 Å². The molecule has 0 heterocycles. The Balaban J connectivity index is 1.85. The van der Waals surface area contributed by atoms with Crippen molar-refractivity contribution in [3.8, 4) is 0 Å². The molecule has 1 aliphatic rings. The highest BCUT2D eigenvalue weighted by molar-refractivity contribution is 7.95. The van der Waals surface area contributed by atoms with Gasteiger partial charge in [-0.25, -0.2) is 0 Å². The zero-order valence-corrected chi connectivity index (χ0v) is 17.9. The van der Waals surface area contributed by atoms with Crippen LogP contribution in [0.1, 0.15) is 39.0 Å². The van der Waals surface area contributed by atoms with E-state index in [9.17, 15) is 0 Å². The van der Waals surface area contributed by atoms with Crippen molar-refractivity contribution >= 4 is 23.2 Å². The Kier molecular flexibility index (Phi) is 6.28. The van der Waals surface area contributed by atoms with Gasteiger partial charge in [-0.05, 0) is 48.2 Å². The topological polar surface area (TPSA) is 0 Å². The molecular formula is C27H32P+. The predicted octanol–water partition coefficient (Wildman–Crippen LogP) is 6.20. The molecule has 4 rings (SSSR count). The highest BCUT2D eigenvalue weighted by atomic mass is 31.2. The van der Waals surface area contributed by atoms with Crippen LogP contribution in [-0.4, -0.2) is 6.16 Å². The van der Waals surface area contributed by atoms with Crippen molar-refractivity contribution in [3.63, 3.8) is 0 Å². The second kappa shape index (κ2) is 9.06. The van der Waals surface area contributed by atoms with E-state index in [4.69, 9.17) is 0 Å². The molecule has 0 aromatic heterocycles. The Bertz CT molecular complexity index is 739. The van der Waals surface area contributed by atoms with Gasteiger partial charge in [0.05, 0.1) is 6.16 Å². The summed E-state index contributed by atoms with van der Waals surface area (Å²) in [6.45, 7) is 2.53. The summed E-state index contributed by atoms with van der Waals surface area (Å²) in [5.41, 5.74) is 0. The van der Waals surface area contributed by atoms with Gasteiger partial charge >= 0.3 is 0 Å². The molecule has 1 aliphatic carbocycles. The van der Waals surface area contributed by atoms with Gasteiger partial charge in [-0.15, -0.1) is 0 Å². The summed E-state index contributed by atoms with van der Waals surface area (Å²) < 4.78 is 0. The number of rotatable bonds is 6. The predicted molar refractivity (Wildman–Crippen MR) is 126 cm³/mol. The quantitative estimate of drug-likeness (QED) is 0.442. The molecule has 28 heavy (non-hydrogen) atoms. The first-order chi connectivity index (χ1) is 13.8. The maximum absolute atomic E-state index is 2.53. The summed E-state index contributed by atoms with van der Waals surface area (Å²) in [7, 11) is -1.68. The largest absolute Gasteiger partial charge is 0.112 e. The smallest absolute Gasteiger partial charge is 0.0620 e. The molecule has 1 heteroatoms. The molecule has 0 nitrogen and oxygen atoms in total. The Labute approximate surface area is 171 Å². The zero-order chi connectivity index (χ0) is 19.2. The van der Waals surface area contributed by atoms with Crippen LogP contribution in [0.25, 0.3) is 0 Å². The highest BCUT2D eigenvalue weighted by Crippen LogP contribution is 2.57. The summed E-state index contributed by atoms with van der Waals surface area (Å²) in [6, 6.07) is 34.1. The molecule has 3 aromatic carbocycles. The summed E-state index contributed by atoms with van der Waals surface area (Å²) in [6.07, 6.45) is 8.37. The van der Waals surface area contributed by atoms with Crippen LogP contribution < -0.4 is 15.9 Å². The van der Waals surface area contributed by atoms with Gasteiger partial charge in [0.25, 0.3) is 0 Å². The summed E-state index contributed by atoms with van der Waals surface area (Å²) in [5.74, 6) is 1.62. The first-order valence-corrected chi connectivity index (χ1v) is 12.8. The van der Waals surface area contributed by atoms with Crippen molar-refractivity contribution in [2.75, 3.05) is 6.16 Å². The molecule has 1 atom stereocenters. The fraction of sp³-hybridized carbons (Fsp3) is 0.333. The minimum atomic E-state index is -1.68. The van der Waals surface area contributed by atoms with Crippen LogP contribution in [0.3, 0.4) is 0 Å². The van der Waals surface area contributed by atoms with E-state index in [-0.39, 0.29) is 0 Å². The monoisotopic (exact) mass is 387 g/mol. The molecule has 0 radical (unpaired) electrons. The standard InChI is InChI=1S/C27H32P/c1-23(24-14-6-2-7-15-24)22-28(25-16-8-3-9-17-25,26-18-10-4-11-19-26)27-20-12-5-13-21-27/h3-5,8-13,16-21,23-24H,2,6-7,14-15,22H2,1H3/q+1. The molecular weight excluding hydrogens is 355 g/mol. The fourth-order valence-electron chi connectivity index (χ4n) is 5.10. The van der Waals surface area contributed by atoms with Crippen LogP contribution in [0.2, 0.25) is 0 Å². The Morgan fingerprint density at radius 2 is 1.04 bits per heavy atom. The van der Waals surface area contributed by atoms with E-state index < -0.39 is 7.26 Å². The lowest BCUT2D eigenvalue weighted by Gasteiger charge is -2.34. The third kappa shape index (κ3) is 3.94. The third-order valence-corrected chi connectivity index (χ3v) is 11.3. The second-order valence-corrected chi connectivity index (χ2v) is 11.9. The third-order valence-electron chi connectivity index (χ3n) is 6.61. The number of benzene rings is 3. The number of hydrogen-bond acceptors (Lipinski definition) is 0. The first-order valence-electron chi connectivity index (χ1n) is 10.9.